The molecule has 0 aliphatic rings. The summed E-state index contributed by atoms with van der Waals surface area (Å²) in [6.07, 6.45) is 0. The molecule has 0 heterocycles. The van der Waals surface area contributed by atoms with Gasteiger partial charge in [-0.15, -0.1) is 0 Å². The summed E-state index contributed by atoms with van der Waals surface area (Å²) in [5.41, 5.74) is 5.02. The highest BCUT2D eigenvalue weighted by Gasteiger charge is 2.23. The molecule has 0 atom stereocenters. The van der Waals surface area contributed by atoms with Crippen LogP contribution in [0.3, 0.4) is 0 Å². The molecule has 0 aliphatic carbocycles. The molecular weight excluding hydrogens is 209 g/mol. The lowest BCUT2D eigenvalue weighted by Crippen LogP contribution is -2.06. The lowest BCUT2D eigenvalue weighted by Gasteiger charge is -2.14. The zero-order valence-corrected chi connectivity index (χ0v) is 9.83. The number of hydrogen-bond donors (Lipinski definition) is 2. The van der Waals surface area contributed by atoms with E-state index in [1.54, 1.807) is 20.8 Å². The average molecular weight is 229 g/mol. The van der Waals surface area contributed by atoms with Crippen LogP contribution in [0.25, 0.3) is 0 Å². The second kappa shape index (κ2) is 11.1. The van der Waals surface area contributed by atoms with E-state index in [2.05, 4.69) is 4.52 Å². The highest BCUT2D eigenvalue weighted by atomic mass is 31.2. The molecule has 0 spiro atoms. The van der Waals surface area contributed by atoms with E-state index in [0.717, 1.165) is 0 Å². The quantitative estimate of drug-likeness (QED) is 0.523. The summed E-state index contributed by atoms with van der Waals surface area (Å²) in [5, 5.41) is 7.57. The van der Waals surface area contributed by atoms with E-state index in [4.69, 9.17) is 19.9 Å². The molecule has 0 fully saturated rings. The normalized spacial score (nSPS) is 10.6. The fourth-order valence-corrected chi connectivity index (χ4v) is 1.56. The van der Waals surface area contributed by atoms with Gasteiger partial charge in [-0.05, 0) is 20.8 Å². The number of aliphatic hydroxyl groups excluding tert-OH is 1. The molecule has 0 saturated carbocycles. The molecule has 0 amide bonds. The van der Waals surface area contributed by atoms with Crippen LogP contribution in [-0.2, 0) is 18.1 Å². The third-order valence-electron chi connectivity index (χ3n) is 0.807. The summed E-state index contributed by atoms with van der Waals surface area (Å²) in [6, 6.07) is 0. The van der Waals surface area contributed by atoms with Gasteiger partial charge in [-0.25, -0.2) is 4.57 Å². The molecule has 0 saturated heterocycles. The Labute approximate surface area is 85.0 Å². The Morgan fingerprint density at radius 1 is 1.14 bits per heavy atom. The van der Waals surface area contributed by atoms with Gasteiger partial charge in [-0.3, -0.25) is 13.6 Å². The third kappa shape index (κ3) is 10.1. The van der Waals surface area contributed by atoms with Crippen molar-refractivity contribution in [1.82, 2.24) is 0 Å². The van der Waals surface area contributed by atoms with Crippen molar-refractivity contribution in [3.05, 3.63) is 0 Å². The van der Waals surface area contributed by atoms with Crippen LogP contribution in [-0.4, -0.2) is 31.7 Å². The van der Waals surface area contributed by atoms with E-state index >= 15 is 0 Å². The minimum atomic E-state index is -3.34. The van der Waals surface area contributed by atoms with Gasteiger partial charge in [0.2, 0.25) is 0 Å². The smallest absolute Gasteiger partial charge is 0.397 e. The molecular formula is C7H20NO5P. The van der Waals surface area contributed by atoms with Crippen LogP contribution >= 0.6 is 7.82 Å². The van der Waals surface area contributed by atoms with Gasteiger partial charge in [0.05, 0.1) is 13.2 Å². The predicted octanol–water partition coefficient (Wildman–Crippen LogP) is 1.10. The zero-order chi connectivity index (χ0) is 11.4. The first-order valence-electron chi connectivity index (χ1n) is 4.44. The highest BCUT2D eigenvalue weighted by Crippen LogP contribution is 2.48. The van der Waals surface area contributed by atoms with Crippen LogP contribution in [0, 0.1) is 0 Å². The minimum Gasteiger partial charge on any atom is -0.397 e. The van der Waals surface area contributed by atoms with Crippen molar-refractivity contribution in [3.8, 4) is 0 Å². The second-order valence-corrected chi connectivity index (χ2v) is 3.56. The van der Waals surface area contributed by atoms with Crippen molar-refractivity contribution >= 4 is 7.82 Å². The largest absolute Gasteiger partial charge is 0.476 e. The number of phosphoric ester groups is 1. The van der Waals surface area contributed by atoms with Gasteiger partial charge in [-0.1, -0.05) is 0 Å². The van der Waals surface area contributed by atoms with Crippen molar-refractivity contribution in [1.29, 1.82) is 0 Å². The lowest BCUT2D eigenvalue weighted by atomic mass is 10.9. The second-order valence-electron chi connectivity index (χ2n) is 1.89. The van der Waals surface area contributed by atoms with Gasteiger partial charge in [0, 0.05) is 6.61 Å². The fourth-order valence-electron chi connectivity index (χ4n) is 0.519. The number of nitrogens with two attached hydrogens (primary N) is 1. The Hall–Kier alpha value is 0.0300. The van der Waals surface area contributed by atoms with Crippen LogP contribution in [0.2, 0.25) is 0 Å². The summed E-state index contributed by atoms with van der Waals surface area (Å²) >= 11 is 0. The van der Waals surface area contributed by atoms with E-state index in [9.17, 15) is 4.57 Å². The summed E-state index contributed by atoms with van der Waals surface area (Å²) in [7, 11) is -3.34. The number of hydrogen-bond acceptors (Lipinski definition) is 6. The van der Waals surface area contributed by atoms with E-state index in [-0.39, 0.29) is 26.6 Å². The molecule has 14 heavy (non-hydrogen) atoms. The Kier molecular flexibility index (Phi) is 13.1. The topological polar surface area (TPSA) is 91.0 Å². The highest BCUT2D eigenvalue weighted by molar-refractivity contribution is 7.48. The van der Waals surface area contributed by atoms with Crippen LogP contribution in [0.4, 0.5) is 0 Å². The Bertz CT molecular complexity index is 131. The minimum absolute atomic E-state index is 0.169. The maximum Gasteiger partial charge on any atom is 0.476 e. The van der Waals surface area contributed by atoms with Crippen LogP contribution < -0.4 is 5.73 Å². The number of phosphoric acid groups is 1. The first-order chi connectivity index (χ1) is 6.60. The molecule has 0 aromatic rings. The standard InChI is InChI=1S/C5H14NO4P.C2H6O/c1-3-8-11(7,9-4-2)10-5-6;1-2-3/h3-6H2,1-2H3;3H,2H2,1H3. The summed E-state index contributed by atoms with van der Waals surface area (Å²) in [6.45, 7) is 5.71. The molecule has 0 unspecified atom stereocenters. The average Bonchev–Trinajstić information content (AvgIpc) is 2.06. The van der Waals surface area contributed by atoms with Gasteiger partial charge < -0.3 is 10.8 Å². The molecule has 0 bridgehead atoms. The van der Waals surface area contributed by atoms with Gasteiger partial charge in [-0.2, -0.15) is 0 Å². The van der Waals surface area contributed by atoms with Gasteiger partial charge in [0.1, 0.15) is 6.73 Å². The van der Waals surface area contributed by atoms with Crippen LogP contribution in [0.5, 0.6) is 0 Å². The van der Waals surface area contributed by atoms with Gasteiger partial charge >= 0.3 is 7.82 Å². The van der Waals surface area contributed by atoms with E-state index in [0.29, 0.717) is 0 Å². The van der Waals surface area contributed by atoms with Crippen molar-refractivity contribution in [2.75, 3.05) is 26.6 Å². The fraction of sp³-hybridized carbons (Fsp3) is 1.00. The molecule has 0 aromatic heterocycles. The molecule has 0 aromatic carbocycles. The van der Waals surface area contributed by atoms with E-state index in [1.807, 2.05) is 0 Å². The first-order valence-corrected chi connectivity index (χ1v) is 5.90. The summed E-state index contributed by atoms with van der Waals surface area (Å²) in [4.78, 5) is 0. The molecule has 0 aliphatic heterocycles. The lowest BCUT2D eigenvalue weighted by molar-refractivity contribution is 0.124. The first kappa shape index (κ1) is 16.5. The maximum atomic E-state index is 11.3. The zero-order valence-electron chi connectivity index (χ0n) is 8.93. The van der Waals surface area contributed by atoms with Gasteiger partial charge in [0.15, 0.2) is 0 Å². The molecule has 88 valence electrons. The Balaban J connectivity index is 0. The Morgan fingerprint density at radius 2 is 1.50 bits per heavy atom. The van der Waals surface area contributed by atoms with E-state index < -0.39 is 7.82 Å². The number of rotatable bonds is 6. The molecule has 6 nitrogen and oxygen atoms in total. The summed E-state index contributed by atoms with van der Waals surface area (Å²) < 4.78 is 25.3. The van der Waals surface area contributed by atoms with Crippen LogP contribution in [0.1, 0.15) is 20.8 Å². The summed E-state index contributed by atoms with van der Waals surface area (Å²) in [5.74, 6) is 0. The third-order valence-corrected chi connectivity index (χ3v) is 2.42. The van der Waals surface area contributed by atoms with E-state index in [1.165, 1.54) is 0 Å². The van der Waals surface area contributed by atoms with Gasteiger partial charge in [0.25, 0.3) is 0 Å². The molecule has 3 N–H and O–H groups in total. The SMILES string of the molecule is CCO.CCOP(=O)(OCC)OCN. The monoisotopic (exact) mass is 229 g/mol. The Morgan fingerprint density at radius 3 is 1.71 bits per heavy atom. The van der Waals surface area contributed by atoms with Crippen molar-refractivity contribution in [2.45, 2.75) is 20.8 Å². The van der Waals surface area contributed by atoms with Crippen molar-refractivity contribution in [2.24, 2.45) is 5.73 Å². The van der Waals surface area contributed by atoms with Crippen molar-refractivity contribution < 1.29 is 23.2 Å². The van der Waals surface area contributed by atoms with Crippen molar-refractivity contribution in [3.63, 3.8) is 0 Å². The predicted molar refractivity (Wildman–Crippen MR) is 53.8 cm³/mol. The van der Waals surface area contributed by atoms with Crippen LogP contribution in [0.15, 0.2) is 0 Å². The molecule has 0 rings (SSSR count). The molecule has 0 radical (unpaired) electrons. The molecule has 7 heteroatoms. The maximum absolute atomic E-state index is 11.3. The number of aliphatic hydroxyl groups is 1.